The normalized spacial score (nSPS) is 16.3. The van der Waals surface area contributed by atoms with Crippen molar-refractivity contribution in [2.24, 2.45) is 7.05 Å². The van der Waals surface area contributed by atoms with E-state index in [0.717, 1.165) is 18.4 Å². The molecule has 0 radical (unpaired) electrons. The van der Waals surface area contributed by atoms with Gasteiger partial charge in [0.25, 0.3) is 5.92 Å². The van der Waals surface area contributed by atoms with Crippen LogP contribution in [-0.2, 0) is 51.7 Å². The lowest BCUT2D eigenvalue weighted by molar-refractivity contribution is -0.142. The largest absolute Gasteiger partial charge is 0.444 e. The molecule has 0 saturated heterocycles. The van der Waals surface area contributed by atoms with Crippen LogP contribution in [-0.4, -0.2) is 74.1 Å². The van der Waals surface area contributed by atoms with E-state index >= 15 is 8.78 Å². The molecule has 348 valence electrons. The molecule has 1 unspecified atom stereocenters. The molecule has 2 aromatic carbocycles. The number of alkyl carbamates (subject to hydrolysis) is 1. The van der Waals surface area contributed by atoms with Crippen molar-refractivity contribution in [3.63, 3.8) is 0 Å². The smallest absolute Gasteiger partial charge is 0.435 e. The first-order chi connectivity index (χ1) is 29.9. The zero-order valence-corrected chi connectivity index (χ0v) is 37.3. The minimum Gasteiger partial charge on any atom is -0.444 e. The summed E-state index contributed by atoms with van der Waals surface area (Å²) in [6, 6.07) is 6.76. The van der Waals surface area contributed by atoms with Gasteiger partial charge in [-0.3, -0.25) is 18.9 Å². The Hall–Kier alpha value is -5.92. The van der Waals surface area contributed by atoms with Gasteiger partial charge in [-0.25, -0.2) is 27.0 Å². The number of pyridine rings is 1. The number of hydrogen-bond donors (Lipinski definition) is 4. The van der Waals surface area contributed by atoms with Crippen LogP contribution >= 0.6 is 11.6 Å². The number of sulfonamides is 1. The van der Waals surface area contributed by atoms with Gasteiger partial charge in [0.2, 0.25) is 15.9 Å². The highest BCUT2D eigenvalue weighted by atomic mass is 35.5. The van der Waals surface area contributed by atoms with Crippen molar-refractivity contribution in [2.75, 3.05) is 17.5 Å². The highest BCUT2D eigenvalue weighted by Crippen LogP contribution is 2.52. The fourth-order valence-corrected chi connectivity index (χ4v) is 8.21. The van der Waals surface area contributed by atoms with E-state index < -0.39 is 112 Å². The summed E-state index contributed by atoms with van der Waals surface area (Å²) >= 11 is 6.59. The molecule has 5 aromatic rings. The first-order valence-corrected chi connectivity index (χ1v) is 21.9. The lowest BCUT2D eigenvalue weighted by Gasteiger charge is -2.23. The number of amides is 2. The highest BCUT2D eigenvalue weighted by Gasteiger charge is 2.53. The molecule has 3 aromatic heterocycles. The summed E-state index contributed by atoms with van der Waals surface area (Å²) in [5, 5.41) is 23.9. The van der Waals surface area contributed by atoms with Gasteiger partial charge >= 0.3 is 12.3 Å². The zero-order chi connectivity index (χ0) is 48.2. The summed E-state index contributed by atoms with van der Waals surface area (Å²) in [7, 11) is -2.43. The van der Waals surface area contributed by atoms with E-state index in [9.17, 15) is 45.1 Å². The van der Waals surface area contributed by atoms with Gasteiger partial charge in [-0.15, -0.1) is 0 Å². The van der Waals surface area contributed by atoms with E-state index in [1.54, 1.807) is 20.8 Å². The zero-order valence-electron chi connectivity index (χ0n) is 35.7. The molecule has 14 nitrogen and oxygen atoms in total. The van der Waals surface area contributed by atoms with Crippen LogP contribution in [0.5, 0.6) is 0 Å². The molecule has 0 bridgehead atoms. The average molecular weight is 955 g/mol. The van der Waals surface area contributed by atoms with E-state index in [2.05, 4.69) is 42.4 Å². The van der Waals surface area contributed by atoms with Gasteiger partial charge in [0.05, 0.1) is 40.5 Å². The second-order valence-electron chi connectivity index (χ2n) is 16.9. The number of nitrogens with one attached hydrogen (secondary N) is 3. The van der Waals surface area contributed by atoms with Crippen LogP contribution in [0.3, 0.4) is 0 Å². The molecule has 0 spiro atoms. The number of benzene rings is 2. The number of rotatable bonds is 11. The molecule has 0 saturated carbocycles. The number of aromatic nitrogens is 5. The molecule has 23 heteroatoms. The predicted molar refractivity (Wildman–Crippen MR) is 224 cm³/mol. The number of fused-ring (bicyclic) bond motifs is 2. The molecular weight excluding hydrogens is 913 g/mol. The Kier molecular flexibility index (Phi) is 13.0. The Morgan fingerprint density at radius 1 is 1.05 bits per heavy atom. The summed E-state index contributed by atoms with van der Waals surface area (Å²) < 4.78 is 136. The molecule has 3 heterocycles. The number of ether oxygens (including phenoxy) is 1. The number of carbonyl (C=O) groups is 2. The molecule has 65 heavy (non-hydrogen) atoms. The molecule has 1 aliphatic carbocycles. The van der Waals surface area contributed by atoms with Crippen molar-refractivity contribution in [1.82, 2.24) is 35.2 Å². The summed E-state index contributed by atoms with van der Waals surface area (Å²) in [5.41, 5.74) is -5.82. The van der Waals surface area contributed by atoms with Gasteiger partial charge in [0, 0.05) is 36.2 Å². The van der Waals surface area contributed by atoms with E-state index in [0.29, 0.717) is 6.07 Å². The Balaban J connectivity index is 1.52. The minimum atomic E-state index is -5.15. The van der Waals surface area contributed by atoms with Gasteiger partial charge in [-0.1, -0.05) is 30.5 Å². The van der Waals surface area contributed by atoms with E-state index in [1.165, 1.54) is 49.8 Å². The molecule has 3 atom stereocenters. The molecule has 1 aliphatic rings. The van der Waals surface area contributed by atoms with Crippen LogP contribution in [0.25, 0.3) is 22.0 Å². The number of hydrogen-bond acceptors (Lipinski definition) is 9. The highest BCUT2D eigenvalue weighted by molar-refractivity contribution is 7.92. The lowest BCUT2D eigenvalue weighted by Crippen LogP contribution is -2.42. The maximum Gasteiger partial charge on any atom is 0.435 e. The fraction of sp³-hybridized carbons (Fsp3) is 0.405. The Labute approximate surface area is 372 Å². The topological polar surface area (TPSA) is 182 Å². The third-order valence-corrected chi connectivity index (χ3v) is 10.7. The second kappa shape index (κ2) is 17.5. The van der Waals surface area contributed by atoms with E-state index in [-0.39, 0.29) is 54.5 Å². The van der Waals surface area contributed by atoms with E-state index in [4.69, 9.17) is 16.3 Å². The summed E-state index contributed by atoms with van der Waals surface area (Å²) in [6.07, 6.45) is -6.54. The van der Waals surface area contributed by atoms with Crippen molar-refractivity contribution in [2.45, 2.75) is 89.3 Å². The Bertz CT molecular complexity index is 2860. The third kappa shape index (κ3) is 11.3. The van der Waals surface area contributed by atoms with Gasteiger partial charge in [-0.2, -0.15) is 32.1 Å². The number of carbonyl (C=O) groups excluding carboxylic acids is 2. The number of anilines is 1. The summed E-state index contributed by atoms with van der Waals surface area (Å²) in [6.45, 7) is 5.80. The predicted octanol–water partition coefficient (Wildman–Crippen LogP) is 7.48. The number of aryl methyl sites for hydroxylation is 1. The minimum absolute atomic E-state index is 0.0541. The number of nitrogens with zero attached hydrogens (tertiary/aromatic N) is 5. The molecule has 2 amide bonds. The maximum atomic E-state index is 15.3. The maximum absolute atomic E-state index is 15.3. The van der Waals surface area contributed by atoms with Crippen molar-refractivity contribution in [3.8, 4) is 23.0 Å². The van der Waals surface area contributed by atoms with Crippen LogP contribution in [0, 0.1) is 23.5 Å². The van der Waals surface area contributed by atoms with Crippen LogP contribution in [0.4, 0.5) is 41.3 Å². The van der Waals surface area contributed by atoms with Crippen LogP contribution in [0.1, 0.15) is 86.9 Å². The molecule has 0 aliphatic heterocycles. The first kappa shape index (κ1) is 48.5. The van der Waals surface area contributed by atoms with Gasteiger partial charge in [0.1, 0.15) is 40.8 Å². The van der Waals surface area contributed by atoms with Crippen LogP contribution in [0.2, 0.25) is 5.02 Å². The quantitative estimate of drug-likeness (QED) is 0.0771. The van der Waals surface area contributed by atoms with Crippen LogP contribution < -0.4 is 15.4 Å². The van der Waals surface area contributed by atoms with Crippen molar-refractivity contribution >= 4 is 50.3 Å². The number of halogens is 8. The van der Waals surface area contributed by atoms with Gasteiger partial charge in [-0.05, 0) is 81.8 Å². The SMILES string of the molecule is C[C@H]1CC(F)(F)c2c1c(C(F)(F)F)nn2CC(=O)N[C@@H](Cc1cc(F)cc(F)c1)c1nc(C#CC(C)(O)CNC(=O)OC(C)(C)C)ccc1-c1ccc(Cl)c2c(NS(C)(=O)=O)nn(C)c12. The monoisotopic (exact) mass is 954 g/mol. The lowest BCUT2D eigenvalue weighted by atomic mass is 9.93. The van der Waals surface area contributed by atoms with Crippen molar-refractivity contribution in [3.05, 3.63) is 93.0 Å². The molecule has 4 N–H and O–H groups in total. The number of alkyl halides is 5. The average Bonchev–Trinajstić information content (AvgIpc) is 3.77. The molecule has 0 fully saturated rings. The molecule has 6 rings (SSSR count). The first-order valence-electron chi connectivity index (χ1n) is 19.6. The fourth-order valence-electron chi connectivity index (χ4n) is 7.47. The standard InChI is InChI=1S/C42H42ClF7N8O6S/c1-21-18-41(46,47)36-31(21)35(42(48,49)50)54-58(36)19-30(59)53-29(16-22-14-23(44)17-24(45)15-22)33-26(27-10-11-28(43)32-34(27)57(6)55-37(32)56-65(7,62)63)9-8-25(52-33)12-13-40(5,61)20-51-38(60)64-39(2,3)4/h8-11,14-15,17,21,29,61H,16,18-20H2,1-7H3,(H,51,60)(H,53,59)(H,55,56)/t21-,29-,40?/m0/s1. The van der Waals surface area contributed by atoms with E-state index in [1.807, 2.05) is 0 Å². The number of aliphatic hydroxyl groups is 1. The third-order valence-electron chi connectivity index (χ3n) is 9.85. The van der Waals surface area contributed by atoms with Gasteiger partial charge < -0.3 is 20.5 Å². The van der Waals surface area contributed by atoms with Gasteiger partial charge in [0.15, 0.2) is 11.5 Å². The van der Waals surface area contributed by atoms with Crippen LogP contribution in [0.15, 0.2) is 42.5 Å². The summed E-state index contributed by atoms with van der Waals surface area (Å²) in [5.74, 6) is -3.10. The molecular formula is C42H42ClF7N8O6S. The Morgan fingerprint density at radius 3 is 2.31 bits per heavy atom. The van der Waals surface area contributed by atoms with Crippen molar-refractivity contribution in [1.29, 1.82) is 0 Å². The Morgan fingerprint density at radius 2 is 1.69 bits per heavy atom. The second-order valence-corrected chi connectivity index (χ2v) is 19.0. The summed E-state index contributed by atoms with van der Waals surface area (Å²) in [4.78, 5) is 31.0. The van der Waals surface area contributed by atoms with Crippen molar-refractivity contribution < 1.29 is 58.6 Å².